The Labute approximate surface area is 234 Å². The zero-order valence-electron chi connectivity index (χ0n) is 21.6. The van der Waals surface area contributed by atoms with E-state index in [1.54, 1.807) is 0 Å². The number of carbonyl (C=O) groups excluding carboxylic acids is 3. The van der Waals surface area contributed by atoms with Crippen molar-refractivity contribution in [3.05, 3.63) is 71.4 Å². The van der Waals surface area contributed by atoms with Crippen molar-refractivity contribution in [3.8, 4) is 0 Å². The summed E-state index contributed by atoms with van der Waals surface area (Å²) >= 11 is 0. The van der Waals surface area contributed by atoms with Gasteiger partial charge in [-0.15, -0.1) is 0 Å². The van der Waals surface area contributed by atoms with Crippen molar-refractivity contribution in [2.24, 2.45) is 0 Å². The minimum Gasteiger partial charge on any atom is -0.550 e. The number of aliphatic carboxylic acids is 3. The second-order valence-corrected chi connectivity index (χ2v) is 9.14. The molecule has 3 rings (SSSR count). The van der Waals surface area contributed by atoms with Gasteiger partial charge in [0.1, 0.15) is 0 Å². The zero-order chi connectivity index (χ0) is 26.4. The van der Waals surface area contributed by atoms with E-state index < -0.39 is 17.9 Å². The van der Waals surface area contributed by atoms with Gasteiger partial charge in [-0.3, -0.25) is 0 Å². The standard InChI is InChI=1S/3C10H14O2.Rh/c3*11-10(12)8-9-6-4-2-1-3-5-7-9;/h3*2,4,6H,1,3,5,7-8H2,(H,11,12);/q;;;+3/p-3. The van der Waals surface area contributed by atoms with Crippen LogP contribution in [0.4, 0.5) is 0 Å². The molecule has 0 aromatic heterocycles. The van der Waals surface area contributed by atoms with E-state index >= 15 is 0 Å². The second kappa shape index (κ2) is 22.7. The largest absolute Gasteiger partial charge is 3.00 e. The Morgan fingerprint density at radius 2 is 0.784 bits per heavy atom. The summed E-state index contributed by atoms with van der Waals surface area (Å²) in [7, 11) is 0. The predicted octanol–water partition coefficient (Wildman–Crippen LogP) is 3.55. The van der Waals surface area contributed by atoms with Gasteiger partial charge >= 0.3 is 19.5 Å². The van der Waals surface area contributed by atoms with E-state index in [4.69, 9.17) is 0 Å². The van der Waals surface area contributed by atoms with Gasteiger partial charge in [-0.1, -0.05) is 71.4 Å². The molecular weight excluding hydrogens is 559 g/mol. The summed E-state index contributed by atoms with van der Waals surface area (Å²) in [5.74, 6) is -2.93. The first-order valence-corrected chi connectivity index (χ1v) is 13.0. The molecule has 0 fully saturated rings. The Hall–Kier alpha value is -2.53. The number of carboxylic acids is 3. The van der Waals surface area contributed by atoms with Crippen LogP contribution in [0.15, 0.2) is 71.4 Å². The maximum absolute atomic E-state index is 10.3. The van der Waals surface area contributed by atoms with Gasteiger partial charge in [-0.25, -0.2) is 0 Å². The maximum atomic E-state index is 10.3. The minimum absolute atomic E-state index is 0. The molecule has 0 aromatic rings. The monoisotopic (exact) mass is 598 g/mol. The van der Waals surface area contributed by atoms with E-state index in [1.807, 2.05) is 36.5 Å². The van der Waals surface area contributed by atoms with Crippen LogP contribution in [0.2, 0.25) is 0 Å². The van der Waals surface area contributed by atoms with Crippen LogP contribution in [-0.2, 0) is 33.9 Å². The van der Waals surface area contributed by atoms with Crippen molar-refractivity contribution in [3.63, 3.8) is 0 Å². The van der Waals surface area contributed by atoms with E-state index in [2.05, 4.69) is 18.2 Å². The molecule has 0 amide bonds. The summed E-state index contributed by atoms with van der Waals surface area (Å²) in [5, 5.41) is 30.9. The minimum atomic E-state index is -0.977. The molecule has 0 saturated carbocycles. The van der Waals surface area contributed by atoms with Crippen LogP contribution in [0.25, 0.3) is 0 Å². The summed E-state index contributed by atoms with van der Waals surface area (Å²) in [6.45, 7) is 0. The summed E-state index contributed by atoms with van der Waals surface area (Å²) in [6.07, 6.45) is 30.8. The van der Waals surface area contributed by atoms with Gasteiger partial charge in [0.2, 0.25) is 0 Å². The van der Waals surface area contributed by atoms with Crippen LogP contribution in [0, 0.1) is 0 Å². The fourth-order valence-electron chi connectivity index (χ4n) is 3.99. The fraction of sp³-hybridized carbons (Fsp3) is 0.500. The van der Waals surface area contributed by atoms with Crippen molar-refractivity contribution < 1.29 is 49.2 Å². The van der Waals surface area contributed by atoms with Gasteiger partial charge in [0, 0.05) is 37.2 Å². The van der Waals surface area contributed by atoms with E-state index in [-0.39, 0.29) is 38.7 Å². The molecule has 3 aliphatic rings. The molecule has 6 nitrogen and oxygen atoms in total. The van der Waals surface area contributed by atoms with Crippen LogP contribution in [0.3, 0.4) is 0 Å². The van der Waals surface area contributed by atoms with Crippen molar-refractivity contribution in [2.75, 3.05) is 0 Å². The van der Waals surface area contributed by atoms with E-state index in [0.29, 0.717) is 0 Å². The third-order valence-corrected chi connectivity index (χ3v) is 5.87. The number of hydrogen-bond donors (Lipinski definition) is 0. The van der Waals surface area contributed by atoms with Crippen molar-refractivity contribution in [2.45, 2.75) is 96.3 Å². The van der Waals surface area contributed by atoms with Gasteiger partial charge in [0.05, 0.1) is 0 Å². The molecule has 0 atom stereocenters. The Balaban J connectivity index is 0.000000518. The average molecular weight is 599 g/mol. The molecule has 0 aromatic carbocycles. The molecule has 0 unspecified atom stereocenters. The maximum Gasteiger partial charge on any atom is 3.00 e. The summed E-state index contributed by atoms with van der Waals surface area (Å²) in [4.78, 5) is 30.9. The Morgan fingerprint density at radius 3 is 1.03 bits per heavy atom. The number of carbonyl (C=O) groups is 3. The van der Waals surface area contributed by atoms with E-state index in [0.717, 1.165) is 93.8 Å². The zero-order valence-corrected chi connectivity index (χ0v) is 23.2. The molecule has 0 spiro atoms. The summed E-state index contributed by atoms with van der Waals surface area (Å²) in [5.41, 5.74) is 2.93. The molecule has 3 aliphatic carbocycles. The summed E-state index contributed by atoms with van der Waals surface area (Å²) < 4.78 is 0. The third kappa shape index (κ3) is 21.3. The quantitative estimate of drug-likeness (QED) is 0.432. The number of allylic oxidation sites excluding steroid dienone is 9. The number of carboxylic acid groups (broad SMARTS) is 3. The topological polar surface area (TPSA) is 120 Å². The SMILES string of the molecule is O=C([O-])CC1=CC=CCCCC1.O=C([O-])CC1=CC=CCCCC1.O=C([O-])CC1=CC=CCCCC1.[Rh+3]. The van der Waals surface area contributed by atoms with Crippen LogP contribution in [0.1, 0.15) is 96.3 Å². The molecule has 0 heterocycles. The number of rotatable bonds is 6. The fourth-order valence-corrected chi connectivity index (χ4v) is 3.99. The molecular formula is C30H39O6Rh. The van der Waals surface area contributed by atoms with E-state index in [9.17, 15) is 29.7 Å². The van der Waals surface area contributed by atoms with Gasteiger partial charge in [0.25, 0.3) is 0 Å². The molecule has 0 aliphatic heterocycles. The van der Waals surface area contributed by atoms with Crippen molar-refractivity contribution >= 4 is 17.9 Å². The molecule has 0 saturated heterocycles. The Bertz CT molecular complexity index is 762. The van der Waals surface area contributed by atoms with Gasteiger partial charge < -0.3 is 29.7 Å². The van der Waals surface area contributed by atoms with Crippen molar-refractivity contribution in [1.29, 1.82) is 0 Å². The Morgan fingerprint density at radius 1 is 0.514 bits per heavy atom. The van der Waals surface area contributed by atoms with Gasteiger partial charge in [-0.2, -0.15) is 0 Å². The molecule has 0 bridgehead atoms. The average Bonchev–Trinajstić information content (AvgIpc) is 2.74. The Kier molecular flexibility index (Phi) is 21.1. The van der Waals surface area contributed by atoms with Crippen LogP contribution >= 0.6 is 0 Å². The predicted molar refractivity (Wildman–Crippen MR) is 136 cm³/mol. The van der Waals surface area contributed by atoms with Crippen LogP contribution < -0.4 is 15.3 Å². The van der Waals surface area contributed by atoms with Crippen molar-refractivity contribution in [1.82, 2.24) is 0 Å². The third-order valence-electron chi connectivity index (χ3n) is 5.87. The van der Waals surface area contributed by atoms with Crippen LogP contribution in [0.5, 0.6) is 0 Å². The molecule has 0 N–H and O–H groups in total. The second-order valence-electron chi connectivity index (χ2n) is 9.14. The van der Waals surface area contributed by atoms with Crippen LogP contribution in [-0.4, -0.2) is 17.9 Å². The normalized spacial score (nSPS) is 17.4. The van der Waals surface area contributed by atoms with E-state index in [1.165, 1.54) is 0 Å². The first-order chi connectivity index (χ1) is 17.4. The molecule has 37 heavy (non-hydrogen) atoms. The first kappa shape index (κ1) is 34.5. The summed E-state index contributed by atoms with van der Waals surface area (Å²) in [6, 6.07) is 0. The molecule has 0 radical (unpaired) electrons. The van der Waals surface area contributed by atoms with Gasteiger partial charge in [-0.05, 0) is 77.0 Å². The smallest absolute Gasteiger partial charge is 0.550 e. The first-order valence-electron chi connectivity index (χ1n) is 13.0. The van der Waals surface area contributed by atoms with Gasteiger partial charge in [0.15, 0.2) is 0 Å². The number of hydrogen-bond acceptors (Lipinski definition) is 6. The molecule has 7 heteroatoms. The molecule has 204 valence electrons.